The van der Waals surface area contributed by atoms with Crippen molar-refractivity contribution in [3.63, 3.8) is 0 Å². The summed E-state index contributed by atoms with van der Waals surface area (Å²) in [5, 5.41) is 28.3. The standard InChI is InChI=1S/C20H34O3/c1-16(2)11-12-20(23)18(4)8-6-10-19(15-22)9-5-7-17(3)13-14-21/h8-9,11,13,20-23H,5-7,10,12,14-15H2,1-4H3. The van der Waals surface area contributed by atoms with Crippen molar-refractivity contribution in [2.45, 2.75) is 65.9 Å². The minimum Gasteiger partial charge on any atom is -0.392 e. The summed E-state index contributed by atoms with van der Waals surface area (Å²) >= 11 is 0. The summed E-state index contributed by atoms with van der Waals surface area (Å²) in [4.78, 5) is 0. The molecule has 3 N–H and O–H groups in total. The van der Waals surface area contributed by atoms with E-state index in [0.29, 0.717) is 6.42 Å². The van der Waals surface area contributed by atoms with E-state index in [1.807, 2.05) is 39.8 Å². The molecule has 1 unspecified atom stereocenters. The molecule has 0 aliphatic rings. The van der Waals surface area contributed by atoms with Gasteiger partial charge in [0.15, 0.2) is 0 Å². The summed E-state index contributed by atoms with van der Waals surface area (Å²) in [6.07, 6.45) is 11.7. The minimum absolute atomic E-state index is 0.0793. The van der Waals surface area contributed by atoms with Crippen LogP contribution in [0.25, 0.3) is 0 Å². The lowest BCUT2D eigenvalue weighted by Gasteiger charge is -2.10. The summed E-state index contributed by atoms with van der Waals surface area (Å²) in [6.45, 7) is 8.18. The Balaban J connectivity index is 4.31. The Bertz CT molecular complexity index is 438. The van der Waals surface area contributed by atoms with E-state index >= 15 is 0 Å². The van der Waals surface area contributed by atoms with E-state index in [4.69, 9.17) is 5.11 Å². The first-order valence-electron chi connectivity index (χ1n) is 8.44. The van der Waals surface area contributed by atoms with Crippen LogP contribution in [0.2, 0.25) is 0 Å². The van der Waals surface area contributed by atoms with Gasteiger partial charge in [-0.25, -0.2) is 0 Å². The molecular weight excluding hydrogens is 288 g/mol. The Hall–Kier alpha value is -1.16. The van der Waals surface area contributed by atoms with E-state index in [-0.39, 0.29) is 13.2 Å². The van der Waals surface area contributed by atoms with Crippen LogP contribution < -0.4 is 0 Å². The highest BCUT2D eigenvalue weighted by Crippen LogP contribution is 2.14. The SMILES string of the molecule is CC(C)=CCC(O)C(C)=CCCC(=CCCC(C)=CCO)CO. The molecule has 23 heavy (non-hydrogen) atoms. The van der Waals surface area contributed by atoms with Crippen LogP contribution in [0.5, 0.6) is 0 Å². The molecule has 0 aromatic carbocycles. The molecule has 1 atom stereocenters. The Morgan fingerprint density at radius 2 is 1.52 bits per heavy atom. The van der Waals surface area contributed by atoms with Crippen LogP contribution in [0.3, 0.4) is 0 Å². The predicted molar refractivity (Wildman–Crippen MR) is 98.3 cm³/mol. The fraction of sp³-hybridized carbons (Fsp3) is 0.600. The molecule has 0 fully saturated rings. The Morgan fingerprint density at radius 1 is 0.870 bits per heavy atom. The van der Waals surface area contributed by atoms with Crippen LogP contribution in [0.1, 0.15) is 59.8 Å². The monoisotopic (exact) mass is 322 g/mol. The lowest BCUT2D eigenvalue weighted by atomic mass is 10.0. The van der Waals surface area contributed by atoms with Crippen molar-refractivity contribution < 1.29 is 15.3 Å². The van der Waals surface area contributed by atoms with Crippen LogP contribution in [0, 0.1) is 0 Å². The second-order valence-corrected chi connectivity index (χ2v) is 6.31. The largest absolute Gasteiger partial charge is 0.392 e. The molecule has 0 saturated heterocycles. The second kappa shape index (κ2) is 13.3. The normalized spacial score (nSPS) is 14.8. The van der Waals surface area contributed by atoms with Gasteiger partial charge in [-0.15, -0.1) is 0 Å². The molecule has 0 spiro atoms. The number of allylic oxidation sites excluding steroid dienone is 4. The van der Waals surface area contributed by atoms with E-state index in [1.54, 1.807) is 0 Å². The molecule has 0 aromatic rings. The van der Waals surface area contributed by atoms with E-state index in [2.05, 4.69) is 12.2 Å². The van der Waals surface area contributed by atoms with Gasteiger partial charge >= 0.3 is 0 Å². The lowest BCUT2D eigenvalue weighted by molar-refractivity contribution is 0.213. The van der Waals surface area contributed by atoms with Crippen LogP contribution >= 0.6 is 0 Å². The highest BCUT2D eigenvalue weighted by atomic mass is 16.3. The zero-order valence-electron chi connectivity index (χ0n) is 15.2. The van der Waals surface area contributed by atoms with Gasteiger partial charge < -0.3 is 15.3 Å². The summed E-state index contributed by atoms with van der Waals surface area (Å²) in [5.41, 5.74) is 4.40. The second-order valence-electron chi connectivity index (χ2n) is 6.31. The summed E-state index contributed by atoms with van der Waals surface area (Å²) in [5.74, 6) is 0. The smallest absolute Gasteiger partial charge is 0.0781 e. The maximum absolute atomic E-state index is 10.0. The molecule has 0 aliphatic carbocycles. The molecule has 3 nitrogen and oxygen atoms in total. The summed E-state index contributed by atoms with van der Waals surface area (Å²) < 4.78 is 0. The predicted octanol–water partition coefficient (Wildman–Crippen LogP) is 4.07. The van der Waals surface area contributed by atoms with Crippen LogP contribution in [-0.4, -0.2) is 34.6 Å². The van der Waals surface area contributed by atoms with Gasteiger partial charge in [0.25, 0.3) is 0 Å². The number of hydrogen-bond donors (Lipinski definition) is 3. The Morgan fingerprint density at radius 3 is 2.09 bits per heavy atom. The van der Waals surface area contributed by atoms with Crippen LogP contribution in [0.15, 0.2) is 46.6 Å². The van der Waals surface area contributed by atoms with Crippen molar-refractivity contribution >= 4 is 0 Å². The van der Waals surface area contributed by atoms with Crippen molar-refractivity contribution in [1.29, 1.82) is 0 Å². The molecule has 132 valence electrons. The van der Waals surface area contributed by atoms with Gasteiger partial charge in [0.05, 0.1) is 19.3 Å². The lowest BCUT2D eigenvalue weighted by Crippen LogP contribution is -2.06. The molecule has 0 radical (unpaired) electrons. The van der Waals surface area contributed by atoms with Gasteiger partial charge in [-0.05, 0) is 70.9 Å². The molecule has 0 aliphatic heterocycles. The van der Waals surface area contributed by atoms with Crippen molar-refractivity contribution in [3.05, 3.63) is 46.6 Å². The highest BCUT2D eigenvalue weighted by Gasteiger charge is 2.04. The van der Waals surface area contributed by atoms with Gasteiger partial charge in [0.1, 0.15) is 0 Å². The average molecular weight is 322 g/mol. The quantitative estimate of drug-likeness (QED) is 0.503. The van der Waals surface area contributed by atoms with Crippen molar-refractivity contribution in [1.82, 2.24) is 0 Å². The molecule has 0 rings (SSSR count). The molecule has 0 amide bonds. The number of aliphatic hydroxyl groups is 3. The van der Waals surface area contributed by atoms with Crippen molar-refractivity contribution in [2.75, 3.05) is 13.2 Å². The molecule has 0 saturated carbocycles. The Labute approximate surface area is 141 Å². The molecule has 0 aromatic heterocycles. The summed E-state index contributed by atoms with van der Waals surface area (Å²) in [7, 11) is 0. The van der Waals surface area contributed by atoms with Crippen LogP contribution in [0.4, 0.5) is 0 Å². The van der Waals surface area contributed by atoms with Crippen molar-refractivity contribution in [2.24, 2.45) is 0 Å². The summed E-state index contributed by atoms with van der Waals surface area (Å²) in [6, 6.07) is 0. The molecular formula is C20H34O3. The zero-order chi connectivity index (χ0) is 17.7. The third-order valence-electron chi connectivity index (χ3n) is 3.82. The average Bonchev–Trinajstić information content (AvgIpc) is 2.50. The maximum Gasteiger partial charge on any atom is 0.0781 e. The molecule has 0 heterocycles. The van der Waals surface area contributed by atoms with Gasteiger partial charge in [-0.2, -0.15) is 0 Å². The topological polar surface area (TPSA) is 60.7 Å². The third-order valence-corrected chi connectivity index (χ3v) is 3.82. The third kappa shape index (κ3) is 12.0. The van der Waals surface area contributed by atoms with E-state index in [9.17, 15) is 10.2 Å². The van der Waals surface area contributed by atoms with Gasteiger partial charge in [-0.1, -0.05) is 35.5 Å². The zero-order valence-corrected chi connectivity index (χ0v) is 15.2. The van der Waals surface area contributed by atoms with Crippen LogP contribution in [-0.2, 0) is 0 Å². The van der Waals surface area contributed by atoms with Gasteiger partial charge in [-0.3, -0.25) is 0 Å². The highest BCUT2D eigenvalue weighted by molar-refractivity contribution is 5.11. The molecule has 0 bridgehead atoms. The van der Waals surface area contributed by atoms with E-state index < -0.39 is 6.10 Å². The first kappa shape index (κ1) is 21.8. The van der Waals surface area contributed by atoms with Crippen molar-refractivity contribution in [3.8, 4) is 0 Å². The maximum atomic E-state index is 10.0. The van der Waals surface area contributed by atoms with E-state index in [0.717, 1.165) is 36.8 Å². The fourth-order valence-corrected chi connectivity index (χ4v) is 2.16. The first-order chi connectivity index (χ1) is 10.9. The number of rotatable bonds is 11. The van der Waals surface area contributed by atoms with Gasteiger partial charge in [0, 0.05) is 0 Å². The fourth-order valence-electron chi connectivity index (χ4n) is 2.16. The van der Waals surface area contributed by atoms with E-state index in [1.165, 1.54) is 11.1 Å². The number of hydrogen-bond acceptors (Lipinski definition) is 3. The molecule has 3 heteroatoms. The first-order valence-corrected chi connectivity index (χ1v) is 8.44. The minimum atomic E-state index is -0.419. The number of aliphatic hydroxyl groups excluding tert-OH is 3. The van der Waals surface area contributed by atoms with Gasteiger partial charge in [0.2, 0.25) is 0 Å². The Kier molecular flexibility index (Phi) is 12.6.